The summed E-state index contributed by atoms with van der Waals surface area (Å²) in [6, 6.07) is 9.12. The van der Waals surface area contributed by atoms with Gasteiger partial charge in [0.1, 0.15) is 12.0 Å². The number of carbonyl (C=O) groups is 1. The Bertz CT molecular complexity index is 801. The molecular formula is C22H28N2O4. The van der Waals surface area contributed by atoms with Gasteiger partial charge >= 0.3 is 0 Å². The van der Waals surface area contributed by atoms with Gasteiger partial charge in [0, 0.05) is 43.0 Å². The number of pyridine rings is 1. The molecule has 1 fully saturated rings. The second-order valence-corrected chi connectivity index (χ2v) is 7.46. The Balaban J connectivity index is 1.47. The molecule has 6 nitrogen and oxygen atoms in total. The van der Waals surface area contributed by atoms with E-state index in [1.54, 1.807) is 31.5 Å². The number of aromatic nitrogens is 1. The average molecular weight is 384 g/mol. The number of likely N-dealkylation sites (tertiary alicyclic amines) is 1. The molecule has 0 amide bonds. The molecule has 0 aliphatic carbocycles. The molecule has 1 atom stereocenters. The van der Waals surface area contributed by atoms with Crippen LogP contribution in [0.5, 0.6) is 5.75 Å². The molecule has 0 saturated carbocycles. The molecule has 2 heterocycles. The van der Waals surface area contributed by atoms with E-state index in [2.05, 4.69) is 4.98 Å². The van der Waals surface area contributed by atoms with E-state index in [1.807, 2.05) is 30.0 Å². The molecular weight excluding hydrogens is 356 g/mol. The molecule has 1 aromatic carbocycles. The first-order valence-electron chi connectivity index (χ1n) is 9.68. The van der Waals surface area contributed by atoms with Gasteiger partial charge in [-0.2, -0.15) is 0 Å². The van der Waals surface area contributed by atoms with Crippen molar-refractivity contribution in [1.29, 1.82) is 0 Å². The van der Waals surface area contributed by atoms with E-state index in [-0.39, 0.29) is 5.78 Å². The third-order valence-electron chi connectivity index (χ3n) is 5.47. The number of aliphatic hydroxyl groups excluding tert-OH is 1. The van der Waals surface area contributed by atoms with Crippen molar-refractivity contribution < 1.29 is 19.7 Å². The first-order valence-corrected chi connectivity index (χ1v) is 9.68. The molecule has 28 heavy (non-hydrogen) atoms. The molecule has 3 rings (SSSR count). The van der Waals surface area contributed by atoms with Crippen molar-refractivity contribution in [2.75, 3.05) is 19.7 Å². The fourth-order valence-corrected chi connectivity index (χ4v) is 3.70. The van der Waals surface area contributed by atoms with E-state index < -0.39 is 11.8 Å². The number of aryl methyl sites for hydroxylation is 1. The Morgan fingerprint density at radius 2 is 2.07 bits per heavy atom. The van der Waals surface area contributed by atoms with Gasteiger partial charge < -0.3 is 14.9 Å². The Morgan fingerprint density at radius 3 is 2.68 bits per heavy atom. The fourth-order valence-electron chi connectivity index (χ4n) is 3.70. The van der Waals surface area contributed by atoms with Crippen molar-refractivity contribution in [3.8, 4) is 5.75 Å². The quantitative estimate of drug-likeness (QED) is 0.714. The minimum absolute atomic E-state index is 0.0378. The zero-order chi connectivity index (χ0) is 20.1. The zero-order valence-corrected chi connectivity index (χ0v) is 16.5. The van der Waals surface area contributed by atoms with Crippen LogP contribution in [0.4, 0.5) is 0 Å². The van der Waals surface area contributed by atoms with Gasteiger partial charge in [0.05, 0.1) is 12.2 Å². The molecule has 1 aromatic heterocycles. The normalized spacial score (nSPS) is 17.9. The number of ketones is 1. The van der Waals surface area contributed by atoms with E-state index in [0.29, 0.717) is 50.3 Å². The Labute approximate surface area is 165 Å². The van der Waals surface area contributed by atoms with Crippen LogP contribution in [0.2, 0.25) is 0 Å². The van der Waals surface area contributed by atoms with Crippen LogP contribution < -0.4 is 4.74 Å². The summed E-state index contributed by atoms with van der Waals surface area (Å²) >= 11 is 0. The number of piperidine rings is 1. The first-order chi connectivity index (χ1) is 13.4. The number of Topliss-reactive ketones (excluding diaryl/α,β-unsaturated/α-hetero) is 1. The molecule has 2 aromatic rings. The molecule has 1 aliphatic rings. The minimum atomic E-state index is -0.878. The van der Waals surface area contributed by atoms with Gasteiger partial charge in [-0.25, -0.2) is 0 Å². The van der Waals surface area contributed by atoms with Gasteiger partial charge in [-0.3, -0.25) is 14.7 Å². The van der Waals surface area contributed by atoms with Gasteiger partial charge in [-0.1, -0.05) is 6.07 Å². The van der Waals surface area contributed by atoms with Crippen molar-refractivity contribution >= 4 is 5.78 Å². The maximum Gasteiger partial charge on any atom is 0.160 e. The summed E-state index contributed by atoms with van der Waals surface area (Å²) in [5.41, 5.74) is 1.53. The predicted molar refractivity (Wildman–Crippen MR) is 106 cm³/mol. The lowest BCUT2D eigenvalue weighted by Gasteiger charge is -2.40. The van der Waals surface area contributed by atoms with Gasteiger partial charge in [0.15, 0.2) is 5.78 Å². The zero-order valence-electron chi connectivity index (χ0n) is 16.5. The number of aliphatic hydroxyl groups is 2. The second-order valence-electron chi connectivity index (χ2n) is 7.46. The summed E-state index contributed by atoms with van der Waals surface area (Å²) < 4.78 is 5.74. The summed E-state index contributed by atoms with van der Waals surface area (Å²) in [4.78, 5) is 17.6. The van der Waals surface area contributed by atoms with Gasteiger partial charge in [0.2, 0.25) is 0 Å². The van der Waals surface area contributed by atoms with E-state index in [4.69, 9.17) is 4.74 Å². The van der Waals surface area contributed by atoms with E-state index in [0.717, 1.165) is 11.1 Å². The van der Waals surface area contributed by atoms with Crippen molar-refractivity contribution in [3.63, 3.8) is 0 Å². The molecule has 0 radical (unpaired) electrons. The minimum Gasteiger partial charge on any atom is -0.493 e. The number of rotatable bonds is 7. The molecule has 6 heteroatoms. The Morgan fingerprint density at radius 1 is 1.32 bits per heavy atom. The molecule has 0 bridgehead atoms. The largest absolute Gasteiger partial charge is 0.493 e. The maximum absolute atomic E-state index is 11.5. The highest BCUT2D eigenvalue weighted by molar-refractivity contribution is 5.95. The summed E-state index contributed by atoms with van der Waals surface area (Å²) in [7, 11) is 0. The topological polar surface area (TPSA) is 82.9 Å². The van der Waals surface area contributed by atoms with Crippen LogP contribution in [0.15, 0.2) is 42.7 Å². The molecule has 150 valence electrons. The second kappa shape index (κ2) is 8.82. The van der Waals surface area contributed by atoms with Crippen LogP contribution in [0.1, 0.15) is 47.7 Å². The van der Waals surface area contributed by atoms with Crippen LogP contribution in [0.25, 0.3) is 0 Å². The third kappa shape index (κ3) is 4.76. The summed E-state index contributed by atoms with van der Waals surface area (Å²) in [5, 5.41) is 21.3. The highest BCUT2D eigenvalue weighted by Crippen LogP contribution is 2.33. The van der Waals surface area contributed by atoms with Gasteiger partial charge in [0.25, 0.3) is 0 Å². The number of nitrogens with zero attached hydrogens (tertiary/aromatic N) is 2. The van der Waals surface area contributed by atoms with Crippen molar-refractivity contribution in [2.45, 2.75) is 44.9 Å². The van der Waals surface area contributed by atoms with Crippen molar-refractivity contribution in [2.24, 2.45) is 0 Å². The first kappa shape index (κ1) is 20.5. The lowest BCUT2D eigenvalue weighted by molar-refractivity contribution is -0.0820. The standard InChI is InChI=1S/C22H28N2O4/c1-16-14-19(5-6-20(16)17(2)25)28-13-7-21(26)24-11-8-22(27,9-12-24)18-4-3-10-23-15-18/h3-6,10,14-15,21,26-27H,7-9,11-13H2,1-2H3/t21-/m0/s1. The molecule has 0 spiro atoms. The van der Waals surface area contributed by atoms with Crippen LogP contribution in [0.3, 0.4) is 0 Å². The highest BCUT2D eigenvalue weighted by atomic mass is 16.5. The molecule has 2 N–H and O–H groups in total. The molecule has 0 unspecified atom stereocenters. The average Bonchev–Trinajstić information content (AvgIpc) is 2.69. The summed E-state index contributed by atoms with van der Waals surface area (Å²) in [6.45, 7) is 5.03. The number of benzene rings is 1. The summed E-state index contributed by atoms with van der Waals surface area (Å²) in [6.07, 6.45) is 4.37. The lowest BCUT2D eigenvalue weighted by atomic mass is 9.85. The van der Waals surface area contributed by atoms with E-state index in [9.17, 15) is 15.0 Å². The predicted octanol–water partition coefficient (Wildman–Crippen LogP) is 2.66. The highest BCUT2D eigenvalue weighted by Gasteiger charge is 2.35. The van der Waals surface area contributed by atoms with Crippen LogP contribution in [-0.4, -0.2) is 51.8 Å². The van der Waals surface area contributed by atoms with E-state index in [1.165, 1.54) is 0 Å². The number of carbonyl (C=O) groups excluding carboxylic acids is 1. The molecule has 1 saturated heterocycles. The van der Waals surface area contributed by atoms with Crippen LogP contribution in [-0.2, 0) is 5.60 Å². The Kier molecular flexibility index (Phi) is 6.44. The monoisotopic (exact) mass is 384 g/mol. The lowest BCUT2D eigenvalue weighted by Crippen LogP contribution is -2.47. The van der Waals surface area contributed by atoms with Crippen molar-refractivity contribution in [1.82, 2.24) is 9.88 Å². The number of hydrogen-bond donors (Lipinski definition) is 2. The number of hydrogen-bond acceptors (Lipinski definition) is 6. The van der Waals surface area contributed by atoms with Gasteiger partial charge in [-0.15, -0.1) is 0 Å². The van der Waals surface area contributed by atoms with Crippen LogP contribution >= 0.6 is 0 Å². The third-order valence-corrected chi connectivity index (χ3v) is 5.47. The Hall–Kier alpha value is -2.28. The summed E-state index contributed by atoms with van der Waals surface area (Å²) in [5.74, 6) is 0.732. The SMILES string of the molecule is CC(=O)c1ccc(OCC[C@H](O)N2CCC(O)(c3cccnc3)CC2)cc1C. The molecule has 1 aliphatic heterocycles. The van der Waals surface area contributed by atoms with E-state index >= 15 is 0 Å². The van der Waals surface area contributed by atoms with Gasteiger partial charge in [-0.05, 0) is 56.5 Å². The number of ether oxygens (including phenoxy) is 1. The smallest absolute Gasteiger partial charge is 0.160 e. The van der Waals surface area contributed by atoms with Crippen LogP contribution in [0, 0.1) is 6.92 Å². The fraction of sp³-hybridized carbons (Fsp3) is 0.455. The maximum atomic E-state index is 11.5. The van der Waals surface area contributed by atoms with Crippen molar-refractivity contribution in [3.05, 3.63) is 59.4 Å².